The third kappa shape index (κ3) is 1.44. The zero-order chi connectivity index (χ0) is 12.2. The molecule has 2 heterocycles. The fraction of sp³-hybridized carbons (Fsp3) is 0.562. The molecule has 2 nitrogen and oxygen atoms in total. The van der Waals surface area contributed by atoms with Gasteiger partial charge in [0.15, 0.2) is 0 Å². The van der Waals surface area contributed by atoms with E-state index in [9.17, 15) is 0 Å². The highest BCUT2D eigenvalue weighted by Crippen LogP contribution is 2.47. The molecule has 94 valence electrons. The molecule has 1 saturated carbocycles. The summed E-state index contributed by atoms with van der Waals surface area (Å²) >= 11 is 0. The van der Waals surface area contributed by atoms with Crippen LogP contribution in [0.15, 0.2) is 18.3 Å². The molecule has 4 rings (SSSR count). The van der Waals surface area contributed by atoms with Crippen molar-refractivity contribution in [2.24, 2.45) is 5.41 Å². The van der Waals surface area contributed by atoms with Crippen molar-refractivity contribution in [1.82, 2.24) is 9.38 Å². The fourth-order valence-electron chi connectivity index (χ4n) is 4.01. The highest BCUT2D eigenvalue weighted by molar-refractivity contribution is 5.45. The second-order valence-electron chi connectivity index (χ2n) is 6.32. The molecule has 0 unspecified atom stereocenters. The fourth-order valence-corrected chi connectivity index (χ4v) is 4.01. The first kappa shape index (κ1) is 10.6. The van der Waals surface area contributed by atoms with Gasteiger partial charge < -0.3 is 4.40 Å². The summed E-state index contributed by atoms with van der Waals surface area (Å²) in [4.78, 5) is 4.81. The molecule has 1 fully saturated rings. The van der Waals surface area contributed by atoms with E-state index in [1.165, 1.54) is 61.9 Å². The summed E-state index contributed by atoms with van der Waals surface area (Å²) in [5.74, 6) is 0. The maximum atomic E-state index is 4.81. The number of imidazole rings is 1. The van der Waals surface area contributed by atoms with Crippen LogP contribution in [0.3, 0.4) is 0 Å². The monoisotopic (exact) mass is 240 g/mol. The molecule has 0 aliphatic heterocycles. The average Bonchev–Trinajstić information content (AvgIpc) is 2.95. The van der Waals surface area contributed by atoms with Crippen molar-refractivity contribution in [1.29, 1.82) is 0 Å². The lowest BCUT2D eigenvalue weighted by atomic mass is 9.73. The van der Waals surface area contributed by atoms with Crippen LogP contribution in [0.2, 0.25) is 0 Å². The largest absolute Gasteiger partial charge is 0.304 e. The van der Waals surface area contributed by atoms with E-state index in [1.54, 1.807) is 0 Å². The van der Waals surface area contributed by atoms with Gasteiger partial charge in [0.2, 0.25) is 0 Å². The summed E-state index contributed by atoms with van der Waals surface area (Å²) in [5, 5.41) is 0. The minimum absolute atomic E-state index is 0.618. The Bertz CT molecular complexity index is 603. The Morgan fingerprint density at radius 3 is 2.83 bits per heavy atom. The Kier molecular flexibility index (Phi) is 2.12. The first-order chi connectivity index (χ1) is 8.76. The number of rotatable bonds is 0. The van der Waals surface area contributed by atoms with Gasteiger partial charge in [0.05, 0.1) is 5.69 Å². The first-order valence-electron chi connectivity index (χ1n) is 7.22. The quantitative estimate of drug-likeness (QED) is 0.686. The highest BCUT2D eigenvalue weighted by Gasteiger charge is 2.38. The van der Waals surface area contributed by atoms with E-state index < -0.39 is 0 Å². The molecule has 2 aliphatic carbocycles. The number of hydrogen-bond acceptors (Lipinski definition) is 1. The Morgan fingerprint density at radius 1 is 1.17 bits per heavy atom. The van der Waals surface area contributed by atoms with E-state index in [-0.39, 0.29) is 0 Å². The minimum atomic E-state index is 0.618. The van der Waals surface area contributed by atoms with Crippen molar-refractivity contribution < 1.29 is 0 Å². The lowest BCUT2D eigenvalue weighted by Crippen LogP contribution is -2.26. The lowest BCUT2D eigenvalue weighted by Gasteiger charge is -2.32. The molecule has 18 heavy (non-hydrogen) atoms. The number of fused-ring (bicyclic) bond motifs is 3. The lowest BCUT2D eigenvalue weighted by molar-refractivity contribution is 0.250. The molecule has 2 aromatic rings. The molecule has 0 saturated heterocycles. The van der Waals surface area contributed by atoms with E-state index >= 15 is 0 Å². The number of pyridine rings is 1. The van der Waals surface area contributed by atoms with Crippen molar-refractivity contribution in [3.63, 3.8) is 0 Å². The Hall–Kier alpha value is -1.31. The normalized spacial score (nSPS) is 21.6. The van der Waals surface area contributed by atoms with Crippen LogP contribution in [-0.2, 0) is 12.8 Å². The van der Waals surface area contributed by atoms with Crippen LogP contribution < -0.4 is 0 Å². The van der Waals surface area contributed by atoms with Crippen molar-refractivity contribution in [3.05, 3.63) is 35.3 Å². The van der Waals surface area contributed by atoms with Crippen LogP contribution in [0.4, 0.5) is 0 Å². The van der Waals surface area contributed by atoms with Gasteiger partial charge in [-0.3, -0.25) is 0 Å². The summed E-state index contributed by atoms with van der Waals surface area (Å²) in [6.07, 6.45) is 11.8. The summed E-state index contributed by atoms with van der Waals surface area (Å²) in [5.41, 5.74) is 5.95. The van der Waals surface area contributed by atoms with Gasteiger partial charge in [0, 0.05) is 11.9 Å². The van der Waals surface area contributed by atoms with Gasteiger partial charge >= 0.3 is 0 Å². The third-order valence-electron chi connectivity index (χ3n) is 5.05. The summed E-state index contributed by atoms with van der Waals surface area (Å²) in [6, 6.07) is 4.33. The first-order valence-corrected chi connectivity index (χ1v) is 7.22. The van der Waals surface area contributed by atoms with E-state index in [1.807, 2.05) is 0 Å². The van der Waals surface area contributed by atoms with E-state index in [0.29, 0.717) is 5.41 Å². The highest BCUT2D eigenvalue weighted by atomic mass is 15.0. The summed E-state index contributed by atoms with van der Waals surface area (Å²) in [6.45, 7) is 2.17. The second-order valence-corrected chi connectivity index (χ2v) is 6.32. The smallest absolute Gasteiger partial charge is 0.137 e. The molecular formula is C16H20N2. The standard InChI is InChI=1S/C16H20N2/c1-12-4-5-15-17-13-6-9-16(7-2-3-8-16)10-14(13)18(15)11-12/h4-5,11H,2-3,6-10H2,1H3. The van der Waals surface area contributed by atoms with Crippen molar-refractivity contribution in [2.75, 3.05) is 0 Å². The predicted octanol–water partition coefficient (Wildman–Crippen LogP) is 3.69. The topological polar surface area (TPSA) is 17.3 Å². The molecule has 0 radical (unpaired) electrons. The molecule has 2 heteroatoms. The summed E-state index contributed by atoms with van der Waals surface area (Å²) in [7, 11) is 0. The van der Waals surface area contributed by atoms with Crippen LogP contribution in [0, 0.1) is 12.3 Å². The maximum Gasteiger partial charge on any atom is 0.137 e. The van der Waals surface area contributed by atoms with Crippen molar-refractivity contribution in [2.45, 2.75) is 51.9 Å². The van der Waals surface area contributed by atoms with Crippen LogP contribution >= 0.6 is 0 Å². The molecule has 1 spiro atoms. The van der Waals surface area contributed by atoms with Gasteiger partial charge in [0.25, 0.3) is 0 Å². The minimum Gasteiger partial charge on any atom is -0.304 e. The molecule has 0 N–H and O–H groups in total. The Morgan fingerprint density at radius 2 is 2.00 bits per heavy atom. The Labute approximate surface area is 108 Å². The number of nitrogens with zero attached hydrogens (tertiary/aromatic N) is 2. The number of aryl methyl sites for hydroxylation is 2. The van der Waals surface area contributed by atoms with E-state index in [2.05, 4.69) is 29.7 Å². The van der Waals surface area contributed by atoms with Crippen molar-refractivity contribution >= 4 is 5.65 Å². The average molecular weight is 240 g/mol. The van der Waals surface area contributed by atoms with Gasteiger partial charge in [-0.15, -0.1) is 0 Å². The zero-order valence-corrected chi connectivity index (χ0v) is 11.1. The molecule has 0 amide bonds. The number of hydrogen-bond donors (Lipinski definition) is 0. The van der Waals surface area contributed by atoms with Crippen LogP contribution in [0.25, 0.3) is 5.65 Å². The van der Waals surface area contributed by atoms with Gasteiger partial charge in [-0.1, -0.05) is 18.9 Å². The van der Waals surface area contributed by atoms with Gasteiger partial charge in [-0.05, 0) is 56.1 Å². The van der Waals surface area contributed by atoms with Gasteiger partial charge in [-0.2, -0.15) is 0 Å². The second kappa shape index (κ2) is 3.59. The van der Waals surface area contributed by atoms with Crippen LogP contribution in [0.1, 0.15) is 49.1 Å². The van der Waals surface area contributed by atoms with Crippen LogP contribution in [-0.4, -0.2) is 9.38 Å². The van der Waals surface area contributed by atoms with Gasteiger partial charge in [0.1, 0.15) is 5.65 Å². The molecule has 2 aromatic heterocycles. The molecule has 0 atom stereocenters. The zero-order valence-electron chi connectivity index (χ0n) is 11.1. The molecular weight excluding hydrogens is 220 g/mol. The molecule has 2 aliphatic rings. The third-order valence-corrected chi connectivity index (χ3v) is 5.05. The molecule has 0 bridgehead atoms. The van der Waals surface area contributed by atoms with Crippen LogP contribution in [0.5, 0.6) is 0 Å². The van der Waals surface area contributed by atoms with Gasteiger partial charge in [-0.25, -0.2) is 4.98 Å². The van der Waals surface area contributed by atoms with E-state index in [0.717, 1.165) is 5.65 Å². The SMILES string of the molecule is Cc1ccc2nc3c(n2c1)CC1(CCCC1)CC3. The number of aromatic nitrogens is 2. The maximum absolute atomic E-state index is 4.81. The van der Waals surface area contributed by atoms with E-state index in [4.69, 9.17) is 4.98 Å². The molecule has 0 aromatic carbocycles. The summed E-state index contributed by atoms with van der Waals surface area (Å²) < 4.78 is 2.35. The van der Waals surface area contributed by atoms with Crippen molar-refractivity contribution in [3.8, 4) is 0 Å². The predicted molar refractivity (Wildman–Crippen MR) is 72.9 cm³/mol. The Balaban J connectivity index is 1.86.